The van der Waals surface area contributed by atoms with Gasteiger partial charge in [-0.1, -0.05) is 53.5 Å². The molecule has 0 unspecified atom stereocenters. The summed E-state index contributed by atoms with van der Waals surface area (Å²) in [6.45, 7) is 1.91. The van der Waals surface area contributed by atoms with Crippen LogP contribution in [0.1, 0.15) is 21.5 Å². The van der Waals surface area contributed by atoms with E-state index in [0.29, 0.717) is 21.2 Å². The summed E-state index contributed by atoms with van der Waals surface area (Å²) in [5.41, 5.74) is 2.29. The molecule has 1 nitrogen and oxygen atoms in total. The van der Waals surface area contributed by atoms with Gasteiger partial charge in [-0.2, -0.15) is 0 Å². The summed E-state index contributed by atoms with van der Waals surface area (Å²) >= 11 is 12.1. The van der Waals surface area contributed by atoms with Crippen molar-refractivity contribution in [3.05, 3.63) is 75.3 Å². The van der Waals surface area contributed by atoms with E-state index in [-0.39, 0.29) is 5.78 Å². The molecule has 2 rings (SSSR count). The third-order valence-corrected chi connectivity index (χ3v) is 3.47. The monoisotopic (exact) mass is 290 g/mol. The Morgan fingerprint density at radius 1 is 1.00 bits per heavy atom. The smallest absolute Gasteiger partial charge is 0.186 e. The first-order chi connectivity index (χ1) is 9.09. The third kappa shape index (κ3) is 3.25. The van der Waals surface area contributed by atoms with Gasteiger partial charge in [0.1, 0.15) is 0 Å². The molecule has 0 saturated heterocycles. The Bertz CT molecular complexity index is 625. The van der Waals surface area contributed by atoms with Crippen LogP contribution in [0.4, 0.5) is 0 Å². The minimum atomic E-state index is -0.0610. The molecule has 0 aliphatic heterocycles. The zero-order valence-corrected chi connectivity index (χ0v) is 11.9. The number of carbonyl (C=O) groups excluding carboxylic acids is 1. The zero-order valence-electron chi connectivity index (χ0n) is 10.4. The van der Waals surface area contributed by atoms with Crippen LogP contribution in [0, 0.1) is 6.92 Å². The van der Waals surface area contributed by atoms with Gasteiger partial charge in [-0.3, -0.25) is 4.79 Å². The van der Waals surface area contributed by atoms with E-state index < -0.39 is 0 Å². The fraction of sp³-hybridized carbons (Fsp3) is 0.0625. The molecule has 2 aromatic rings. The number of allylic oxidation sites excluding steroid dienone is 1. The largest absolute Gasteiger partial charge is 0.289 e. The van der Waals surface area contributed by atoms with Crippen molar-refractivity contribution in [1.29, 1.82) is 0 Å². The van der Waals surface area contributed by atoms with Crippen LogP contribution < -0.4 is 0 Å². The summed E-state index contributed by atoms with van der Waals surface area (Å²) in [5, 5.41) is 1.06. The second-order valence-corrected chi connectivity index (χ2v) is 4.96. The first-order valence-corrected chi connectivity index (χ1v) is 6.57. The Labute approximate surface area is 122 Å². The molecule has 0 heterocycles. The highest BCUT2D eigenvalue weighted by atomic mass is 35.5. The lowest BCUT2D eigenvalue weighted by Crippen LogP contribution is -1.97. The van der Waals surface area contributed by atoms with Crippen LogP contribution in [0.5, 0.6) is 0 Å². The van der Waals surface area contributed by atoms with Gasteiger partial charge in [0.15, 0.2) is 5.78 Å². The van der Waals surface area contributed by atoms with E-state index in [2.05, 4.69) is 0 Å². The molecular weight excluding hydrogens is 279 g/mol. The van der Waals surface area contributed by atoms with Crippen molar-refractivity contribution in [1.82, 2.24) is 0 Å². The Hall–Kier alpha value is -1.57. The average Bonchev–Trinajstić information content (AvgIpc) is 2.38. The van der Waals surface area contributed by atoms with Gasteiger partial charge in [0.05, 0.1) is 0 Å². The van der Waals surface area contributed by atoms with Gasteiger partial charge < -0.3 is 0 Å². The normalized spacial score (nSPS) is 10.9. The van der Waals surface area contributed by atoms with Crippen LogP contribution in [0.25, 0.3) is 6.08 Å². The standard InChI is InChI=1S/C16H12Cl2O/c1-11-5-2-3-6-12(11)16(19)10-9-13-14(17)7-4-8-15(13)18/h2-10H,1H3/b10-9-. The maximum atomic E-state index is 12.1. The van der Waals surface area contributed by atoms with E-state index in [4.69, 9.17) is 23.2 Å². The van der Waals surface area contributed by atoms with Gasteiger partial charge in [-0.05, 0) is 36.8 Å². The van der Waals surface area contributed by atoms with Gasteiger partial charge in [0, 0.05) is 21.2 Å². The van der Waals surface area contributed by atoms with Crippen molar-refractivity contribution in [2.45, 2.75) is 6.92 Å². The first-order valence-electron chi connectivity index (χ1n) is 5.81. The molecule has 0 aromatic heterocycles. The lowest BCUT2D eigenvalue weighted by Gasteiger charge is -2.02. The zero-order chi connectivity index (χ0) is 13.8. The third-order valence-electron chi connectivity index (χ3n) is 2.81. The summed E-state index contributed by atoms with van der Waals surface area (Å²) < 4.78 is 0. The number of carbonyl (C=O) groups is 1. The summed E-state index contributed by atoms with van der Waals surface area (Å²) in [4.78, 5) is 12.1. The second kappa shape index (κ2) is 6.05. The molecule has 0 amide bonds. The summed E-state index contributed by atoms with van der Waals surface area (Å²) in [7, 11) is 0. The molecule has 0 bridgehead atoms. The average molecular weight is 291 g/mol. The number of rotatable bonds is 3. The molecule has 0 aliphatic carbocycles. The quantitative estimate of drug-likeness (QED) is 0.561. The van der Waals surface area contributed by atoms with Gasteiger partial charge >= 0.3 is 0 Å². The van der Waals surface area contributed by atoms with E-state index in [1.54, 1.807) is 30.3 Å². The van der Waals surface area contributed by atoms with E-state index >= 15 is 0 Å². The number of hydrogen-bond donors (Lipinski definition) is 0. The van der Waals surface area contributed by atoms with Crippen LogP contribution >= 0.6 is 23.2 Å². The number of aryl methyl sites for hydroxylation is 1. The van der Waals surface area contributed by atoms with Crippen molar-refractivity contribution in [3.63, 3.8) is 0 Å². The molecule has 2 aromatic carbocycles. The maximum Gasteiger partial charge on any atom is 0.186 e. The summed E-state index contributed by atoms with van der Waals surface area (Å²) in [6, 6.07) is 12.7. The van der Waals surface area contributed by atoms with E-state index in [9.17, 15) is 4.79 Å². The minimum absolute atomic E-state index is 0.0610. The van der Waals surface area contributed by atoms with Crippen LogP contribution in [-0.2, 0) is 0 Å². The lowest BCUT2D eigenvalue weighted by atomic mass is 10.0. The number of hydrogen-bond acceptors (Lipinski definition) is 1. The topological polar surface area (TPSA) is 17.1 Å². The molecule has 0 saturated carbocycles. The highest BCUT2D eigenvalue weighted by Crippen LogP contribution is 2.25. The molecule has 0 radical (unpaired) electrons. The Morgan fingerprint density at radius 3 is 2.26 bits per heavy atom. The van der Waals surface area contributed by atoms with E-state index in [1.165, 1.54) is 6.08 Å². The van der Waals surface area contributed by atoms with E-state index in [0.717, 1.165) is 5.56 Å². The van der Waals surface area contributed by atoms with Crippen molar-refractivity contribution in [2.75, 3.05) is 0 Å². The molecule has 0 atom stereocenters. The summed E-state index contributed by atoms with van der Waals surface area (Å²) in [6.07, 6.45) is 3.15. The molecule has 0 fully saturated rings. The molecule has 0 aliphatic rings. The molecule has 19 heavy (non-hydrogen) atoms. The predicted molar refractivity (Wildman–Crippen MR) is 81.0 cm³/mol. The molecular formula is C16H12Cl2O. The van der Waals surface area contributed by atoms with Gasteiger partial charge in [0.25, 0.3) is 0 Å². The number of halogens is 2. The lowest BCUT2D eigenvalue weighted by molar-refractivity contribution is 0.104. The number of benzene rings is 2. The Kier molecular flexibility index (Phi) is 4.41. The number of ketones is 1. The second-order valence-electron chi connectivity index (χ2n) is 4.15. The van der Waals surface area contributed by atoms with Crippen LogP contribution in [0.2, 0.25) is 10.0 Å². The van der Waals surface area contributed by atoms with Crippen LogP contribution in [0.3, 0.4) is 0 Å². The van der Waals surface area contributed by atoms with Crippen molar-refractivity contribution >= 4 is 35.1 Å². The highest BCUT2D eigenvalue weighted by molar-refractivity contribution is 6.37. The van der Waals surface area contributed by atoms with Crippen LogP contribution in [0.15, 0.2) is 48.5 Å². The Balaban J connectivity index is 2.29. The van der Waals surface area contributed by atoms with Crippen LogP contribution in [-0.4, -0.2) is 5.78 Å². The van der Waals surface area contributed by atoms with Crippen molar-refractivity contribution < 1.29 is 4.79 Å². The fourth-order valence-corrected chi connectivity index (χ4v) is 2.29. The van der Waals surface area contributed by atoms with Gasteiger partial charge in [-0.15, -0.1) is 0 Å². The molecule has 0 N–H and O–H groups in total. The highest BCUT2D eigenvalue weighted by Gasteiger charge is 2.06. The summed E-state index contributed by atoms with van der Waals surface area (Å²) in [5.74, 6) is -0.0610. The van der Waals surface area contributed by atoms with Gasteiger partial charge in [-0.25, -0.2) is 0 Å². The predicted octanol–water partition coefficient (Wildman–Crippen LogP) is 5.20. The fourth-order valence-electron chi connectivity index (χ4n) is 1.77. The Morgan fingerprint density at radius 2 is 1.63 bits per heavy atom. The molecule has 3 heteroatoms. The van der Waals surface area contributed by atoms with Gasteiger partial charge in [0.2, 0.25) is 0 Å². The SMILES string of the molecule is Cc1ccccc1C(=O)/C=C\c1c(Cl)cccc1Cl. The first kappa shape index (κ1) is 13.9. The minimum Gasteiger partial charge on any atom is -0.289 e. The van der Waals surface area contributed by atoms with E-state index in [1.807, 2.05) is 25.1 Å². The van der Waals surface area contributed by atoms with Crippen molar-refractivity contribution in [2.24, 2.45) is 0 Å². The molecule has 96 valence electrons. The molecule has 0 spiro atoms. The maximum absolute atomic E-state index is 12.1. The van der Waals surface area contributed by atoms with Crippen molar-refractivity contribution in [3.8, 4) is 0 Å².